The summed E-state index contributed by atoms with van der Waals surface area (Å²) in [4.78, 5) is 12.0. The van der Waals surface area contributed by atoms with Gasteiger partial charge in [-0.25, -0.2) is 4.79 Å². The van der Waals surface area contributed by atoms with Crippen LogP contribution in [0.5, 0.6) is 5.75 Å². The number of esters is 1. The molecule has 4 heteroatoms. The number of para-hydroxylation sites is 1. The number of halogens is 1. The molecule has 0 amide bonds. The molecule has 0 unspecified atom stereocenters. The predicted molar refractivity (Wildman–Crippen MR) is 70.7 cm³/mol. The first kappa shape index (κ1) is 12.6. The van der Waals surface area contributed by atoms with Crippen molar-refractivity contribution in [3.8, 4) is 5.75 Å². The average Bonchev–Trinajstić information content (AvgIpc) is 2.39. The van der Waals surface area contributed by atoms with E-state index in [1.165, 1.54) is 0 Å². The van der Waals surface area contributed by atoms with Crippen molar-refractivity contribution < 1.29 is 9.53 Å². The molecular formula is C14H12ClNO2. The van der Waals surface area contributed by atoms with E-state index >= 15 is 0 Å². The number of carbonyl (C=O) groups is 1. The highest BCUT2D eigenvalue weighted by Gasteiger charge is 2.13. The van der Waals surface area contributed by atoms with Crippen molar-refractivity contribution in [3.05, 3.63) is 64.7 Å². The molecule has 2 rings (SSSR count). The number of nitrogens with two attached hydrogens (primary N) is 1. The third-order valence-corrected chi connectivity index (χ3v) is 2.70. The minimum absolute atomic E-state index is 0.236. The Hall–Kier alpha value is -1.84. The molecule has 0 spiro atoms. The van der Waals surface area contributed by atoms with E-state index in [0.29, 0.717) is 21.9 Å². The Morgan fingerprint density at radius 1 is 1.17 bits per heavy atom. The van der Waals surface area contributed by atoms with Crippen LogP contribution in [-0.2, 0) is 6.54 Å². The van der Waals surface area contributed by atoms with Gasteiger partial charge in [-0.05, 0) is 35.9 Å². The lowest BCUT2D eigenvalue weighted by Gasteiger charge is -2.08. The van der Waals surface area contributed by atoms with Crippen LogP contribution in [-0.4, -0.2) is 5.97 Å². The van der Waals surface area contributed by atoms with Crippen LogP contribution in [0.3, 0.4) is 0 Å². The molecule has 0 aromatic heterocycles. The summed E-state index contributed by atoms with van der Waals surface area (Å²) in [6, 6.07) is 13.8. The second-order valence-corrected chi connectivity index (χ2v) is 4.14. The van der Waals surface area contributed by atoms with Gasteiger partial charge in [0.05, 0.1) is 5.56 Å². The molecule has 92 valence electrons. The molecule has 18 heavy (non-hydrogen) atoms. The van der Waals surface area contributed by atoms with Gasteiger partial charge in [0.2, 0.25) is 0 Å². The molecule has 0 aliphatic carbocycles. The van der Waals surface area contributed by atoms with Gasteiger partial charge >= 0.3 is 5.97 Å². The van der Waals surface area contributed by atoms with Crippen molar-refractivity contribution in [2.45, 2.75) is 6.54 Å². The number of ether oxygens (including phenoxy) is 1. The zero-order valence-corrected chi connectivity index (χ0v) is 10.4. The highest BCUT2D eigenvalue weighted by Crippen LogP contribution is 2.18. The van der Waals surface area contributed by atoms with Crippen molar-refractivity contribution in [3.63, 3.8) is 0 Å². The van der Waals surface area contributed by atoms with E-state index in [1.54, 1.807) is 42.5 Å². The molecule has 0 bridgehead atoms. The molecule has 0 saturated heterocycles. The summed E-state index contributed by atoms with van der Waals surface area (Å²) in [6.07, 6.45) is 0. The Morgan fingerprint density at radius 3 is 2.56 bits per heavy atom. The predicted octanol–water partition coefficient (Wildman–Crippen LogP) is 3.02. The molecule has 0 radical (unpaired) electrons. The first-order valence-electron chi connectivity index (χ1n) is 5.46. The zero-order chi connectivity index (χ0) is 13.0. The fourth-order valence-electron chi connectivity index (χ4n) is 1.58. The minimum atomic E-state index is -0.432. The molecule has 0 aliphatic heterocycles. The Kier molecular flexibility index (Phi) is 3.97. The second-order valence-electron chi connectivity index (χ2n) is 3.71. The lowest BCUT2D eigenvalue weighted by atomic mass is 10.1. The Bertz CT molecular complexity index is 555. The van der Waals surface area contributed by atoms with Gasteiger partial charge in [-0.3, -0.25) is 0 Å². The molecular weight excluding hydrogens is 250 g/mol. The lowest BCUT2D eigenvalue weighted by molar-refractivity contribution is 0.0733. The van der Waals surface area contributed by atoms with Gasteiger partial charge in [0.15, 0.2) is 0 Å². The summed E-state index contributed by atoms with van der Waals surface area (Å²) in [6.45, 7) is 0.236. The van der Waals surface area contributed by atoms with Crippen LogP contribution in [0.4, 0.5) is 0 Å². The van der Waals surface area contributed by atoms with Gasteiger partial charge in [-0.2, -0.15) is 0 Å². The highest BCUT2D eigenvalue weighted by atomic mass is 35.5. The molecule has 0 heterocycles. The molecule has 2 aromatic carbocycles. The molecule has 2 aromatic rings. The van der Waals surface area contributed by atoms with Gasteiger partial charge < -0.3 is 10.5 Å². The van der Waals surface area contributed by atoms with E-state index < -0.39 is 5.97 Å². The standard InChI is InChI=1S/C14H12ClNO2/c15-11-6-7-13(10(8-11)9-16)14(17)18-12-4-2-1-3-5-12/h1-8H,9,16H2. The Balaban J connectivity index is 2.24. The minimum Gasteiger partial charge on any atom is -0.423 e. The van der Waals surface area contributed by atoms with E-state index in [0.717, 1.165) is 0 Å². The van der Waals surface area contributed by atoms with Crippen LogP contribution in [0.2, 0.25) is 5.02 Å². The molecule has 0 saturated carbocycles. The van der Waals surface area contributed by atoms with Crippen LogP contribution in [0.15, 0.2) is 48.5 Å². The van der Waals surface area contributed by atoms with E-state index in [9.17, 15) is 4.79 Å². The largest absolute Gasteiger partial charge is 0.423 e. The highest BCUT2D eigenvalue weighted by molar-refractivity contribution is 6.30. The first-order valence-corrected chi connectivity index (χ1v) is 5.84. The fraction of sp³-hybridized carbons (Fsp3) is 0.0714. The van der Waals surface area contributed by atoms with E-state index in [1.807, 2.05) is 6.07 Å². The maximum atomic E-state index is 12.0. The summed E-state index contributed by atoms with van der Waals surface area (Å²) in [7, 11) is 0. The lowest BCUT2D eigenvalue weighted by Crippen LogP contribution is -2.13. The fourth-order valence-corrected chi connectivity index (χ4v) is 1.78. The number of hydrogen-bond donors (Lipinski definition) is 1. The summed E-state index contributed by atoms with van der Waals surface area (Å²) in [5.41, 5.74) is 6.69. The van der Waals surface area contributed by atoms with Crippen molar-refractivity contribution in [2.24, 2.45) is 5.73 Å². The maximum absolute atomic E-state index is 12.0. The van der Waals surface area contributed by atoms with Gasteiger partial charge in [0, 0.05) is 11.6 Å². The van der Waals surface area contributed by atoms with E-state index in [-0.39, 0.29) is 6.54 Å². The first-order chi connectivity index (χ1) is 8.70. The van der Waals surface area contributed by atoms with Crippen LogP contribution in [0.25, 0.3) is 0 Å². The Morgan fingerprint density at radius 2 is 1.89 bits per heavy atom. The van der Waals surface area contributed by atoms with Gasteiger partial charge in [-0.1, -0.05) is 29.8 Å². The van der Waals surface area contributed by atoms with Crippen LogP contribution >= 0.6 is 11.6 Å². The summed E-state index contributed by atoms with van der Waals surface area (Å²) < 4.78 is 5.25. The monoisotopic (exact) mass is 261 g/mol. The van der Waals surface area contributed by atoms with Gasteiger partial charge in [0.1, 0.15) is 5.75 Å². The van der Waals surface area contributed by atoms with E-state index in [4.69, 9.17) is 22.1 Å². The quantitative estimate of drug-likeness (QED) is 0.683. The van der Waals surface area contributed by atoms with Gasteiger partial charge in [-0.15, -0.1) is 0 Å². The van der Waals surface area contributed by atoms with Crippen LogP contribution in [0.1, 0.15) is 15.9 Å². The summed E-state index contributed by atoms with van der Waals surface area (Å²) in [5, 5.41) is 0.548. The van der Waals surface area contributed by atoms with Crippen molar-refractivity contribution in [1.82, 2.24) is 0 Å². The maximum Gasteiger partial charge on any atom is 0.343 e. The number of hydrogen-bond acceptors (Lipinski definition) is 3. The number of carbonyl (C=O) groups excluding carboxylic acids is 1. The third kappa shape index (κ3) is 2.88. The van der Waals surface area contributed by atoms with Crippen LogP contribution in [0, 0.1) is 0 Å². The SMILES string of the molecule is NCc1cc(Cl)ccc1C(=O)Oc1ccccc1. The second kappa shape index (κ2) is 5.67. The Labute approximate surface area is 110 Å². The molecule has 0 aliphatic rings. The zero-order valence-electron chi connectivity index (χ0n) is 9.60. The topological polar surface area (TPSA) is 52.3 Å². The summed E-state index contributed by atoms with van der Waals surface area (Å²) >= 11 is 5.85. The van der Waals surface area contributed by atoms with Crippen LogP contribution < -0.4 is 10.5 Å². The summed E-state index contributed by atoms with van der Waals surface area (Å²) in [5.74, 6) is 0.0683. The normalized spacial score (nSPS) is 10.1. The van der Waals surface area contributed by atoms with E-state index in [2.05, 4.69) is 0 Å². The number of rotatable bonds is 3. The molecule has 2 N–H and O–H groups in total. The van der Waals surface area contributed by atoms with Gasteiger partial charge in [0.25, 0.3) is 0 Å². The molecule has 0 atom stereocenters. The van der Waals surface area contributed by atoms with Crippen molar-refractivity contribution in [1.29, 1.82) is 0 Å². The number of benzene rings is 2. The average molecular weight is 262 g/mol. The smallest absolute Gasteiger partial charge is 0.343 e. The van der Waals surface area contributed by atoms with Crippen molar-refractivity contribution in [2.75, 3.05) is 0 Å². The molecule has 0 fully saturated rings. The molecule has 3 nitrogen and oxygen atoms in total. The van der Waals surface area contributed by atoms with Crippen molar-refractivity contribution >= 4 is 17.6 Å². The third-order valence-electron chi connectivity index (χ3n) is 2.46.